The number of hydrogen-bond donors (Lipinski definition) is 0. The first kappa shape index (κ1) is 100. The third-order valence-corrected chi connectivity index (χ3v) is 20.9. The summed E-state index contributed by atoms with van der Waals surface area (Å²) in [6.07, 6.45) is -61.6. The molecule has 341 valence electrons. The molecule has 0 fully saturated rings. The maximum Gasteiger partial charge on any atom is 0.0862 e. The van der Waals surface area contributed by atoms with Gasteiger partial charge in [0.1, 0.15) is 0 Å². The summed E-state index contributed by atoms with van der Waals surface area (Å²) in [6.45, 7) is 2.09. The van der Waals surface area contributed by atoms with Gasteiger partial charge in [0.05, 0.1) is 11.4 Å². The molecule has 0 aliphatic carbocycles. The standard InChI is InChI=1S/C17H13BrN2.B81/c1-12-10-16(13-6-3-2-4-7-13)20-11-14(12)17-15(18)8-5-9-19-17;1-42-63(43(2)3)73(62(40)41)78(72(60(36)37)61(38)39)81(79(74(64(44(4)5)45(6)7)65(46(8)9)47(10)11)75(66(48(12)13)49(14)15)67(50(16)17)51(18)19)80(76(68(52(20)21)53(22)23)69(54(24)25)55(26)27)77(70(56(28)29)57(30)31)71(58(32)33)59(34)35/h2-11H,1H3;. The molecule has 0 amide bonds. The summed E-state index contributed by atoms with van der Waals surface area (Å²) in [5.41, 5.74) is 5.26. The number of pyridine rings is 2. The number of benzene rings is 1. The molecule has 0 bridgehead atoms. The molecule has 83 radical (unpaired) electrons. The van der Waals surface area contributed by atoms with Crippen molar-refractivity contribution in [1.29, 1.82) is 0 Å². The van der Waals surface area contributed by atoms with Crippen LogP contribution >= 0.6 is 15.9 Å². The first-order chi connectivity index (χ1) is 46.6. The number of rotatable bonds is 41. The SMILES string of the molecule is Cc1cc(-c2ccccc2)ncc1-c1ncccc1Br.[B][B]B(B([B])[B])B(B([B])[B])B(B(B([B])[B])B([B])[B])B(B(B(B(B([B])[B])B([B])[B])B(B([B])[B])B([B])[B])B(B(B([B])[B])B([B])[B])B(B([B])[B])B([B])[B])B(B(B(B([B])[B])B([B])[B])B(B([B])[B])B([B])[B])B(B(B([B])[B])B([B])[B])B(B([B])[B])B([B])[B]. The van der Waals surface area contributed by atoms with E-state index in [0.29, 0.717) is 0 Å². The van der Waals surface area contributed by atoms with Gasteiger partial charge in [0, 0.05) is 601 Å². The van der Waals surface area contributed by atoms with E-state index in [0.717, 1.165) is 34.0 Å². The Morgan fingerprint density at radius 2 is 0.505 bits per heavy atom. The highest BCUT2D eigenvalue weighted by molar-refractivity contribution is 9.10. The Hall–Kier alpha value is 3.26. The Labute approximate surface area is 692 Å². The van der Waals surface area contributed by atoms with Gasteiger partial charge in [0.2, 0.25) is 0 Å². The first-order valence-corrected chi connectivity index (χ1v) is 33.8. The molecule has 3 aromatic rings. The van der Waals surface area contributed by atoms with Crippen LogP contribution in [-0.2, 0) is 0 Å². The van der Waals surface area contributed by atoms with Gasteiger partial charge < -0.3 is 0 Å². The molecule has 2 aromatic heterocycles. The molecule has 3 rings (SSSR count). The summed E-state index contributed by atoms with van der Waals surface area (Å²) in [5.74, 6) is 0. The molecule has 2 nitrogen and oxygen atoms in total. The highest BCUT2D eigenvalue weighted by Crippen LogP contribution is 2.31. The van der Waals surface area contributed by atoms with E-state index in [4.69, 9.17) is 317 Å². The lowest BCUT2D eigenvalue weighted by molar-refractivity contribution is 1.24. The topological polar surface area (TPSA) is 25.8 Å². The molecule has 1 aromatic carbocycles. The third kappa shape index (κ3) is 27.2. The van der Waals surface area contributed by atoms with Crippen LogP contribution in [0.1, 0.15) is 5.56 Å². The Kier molecular flexibility index (Phi) is 46.9. The Balaban J connectivity index is 0.00000145. The van der Waals surface area contributed by atoms with E-state index in [1.54, 1.807) is 6.20 Å². The van der Waals surface area contributed by atoms with Crippen LogP contribution in [0.2, 0.25) is 0 Å². The predicted molar refractivity (Wildman–Crippen MR) is 551 cm³/mol. The molecule has 101 heavy (non-hydrogen) atoms. The van der Waals surface area contributed by atoms with Gasteiger partial charge >= 0.3 is 0 Å². The van der Waals surface area contributed by atoms with Crippen molar-refractivity contribution >= 4 is 589 Å². The van der Waals surface area contributed by atoms with Crippen LogP contribution in [-0.4, -0.2) is 583 Å². The zero-order valence-corrected chi connectivity index (χ0v) is 59.4. The quantitative estimate of drug-likeness (QED) is 0.0529. The van der Waals surface area contributed by atoms with Crippen molar-refractivity contribution in [2.45, 2.75) is 6.92 Å². The Morgan fingerprint density at radius 3 is 0.703 bits per heavy atom. The second-order valence-corrected chi connectivity index (χ2v) is 28.1. The normalized spacial score (nSPS) is 9.92. The molecule has 2 heterocycles. The second-order valence-electron chi connectivity index (χ2n) is 27.3. The van der Waals surface area contributed by atoms with E-state index in [9.17, 15) is 0 Å². The number of aryl methyl sites for hydroxylation is 1. The second kappa shape index (κ2) is 47.2. The minimum Gasteiger partial charge on any atom is -0.256 e. The van der Waals surface area contributed by atoms with Gasteiger partial charge in [0.15, 0.2) is 0 Å². The van der Waals surface area contributed by atoms with Crippen molar-refractivity contribution in [2.24, 2.45) is 0 Å². The zero-order valence-electron chi connectivity index (χ0n) is 57.8. The van der Waals surface area contributed by atoms with E-state index in [-0.39, 0.29) is 0 Å². The fraction of sp³-hybridized carbons (Fsp3) is 0.0588. The van der Waals surface area contributed by atoms with Gasteiger partial charge in [-0.1, -0.05) is 30.3 Å². The summed E-state index contributed by atoms with van der Waals surface area (Å²) >= 11 is 3.54. The third-order valence-electron chi connectivity index (χ3n) is 20.3. The largest absolute Gasteiger partial charge is 0.256 e. The van der Waals surface area contributed by atoms with Crippen molar-refractivity contribution in [3.05, 3.63) is 71.0 Å². The molecule has 84 heteroatoms. The zero-order chi connectivity index (χ0) is 78.2. The lowest BCUT2D eigenvalue weighted by atomic mass is 8.20. The maximum absolute atomic E-state index is 7.07. The van der Waals surface area contributed by atoms with Gasteiger partial charge in [0.25, 0.3) is 0 Å². The highest BCUT2D eigenvalue weighted by Gasteiger charge is 2.66. The summed E-state index contributed by atoms with van der Waals surface area (Å²) < 4.78 is 0.984. The molecule has 0 aliphatic heterocycles. The number of nitrogens with zero attached hydrogens (tertiary/aromatic N) is 2. The molecule has 0 N–H and O–H groups in total. The van der Waals surface area contributed by atoms with E-state index < -0.39 is 249 Å². The lowest BCUT2D eigenvalue weighted by Crippen LogP contribution is -2.99. The molecule has 0 saturated heterocycles. The van der Waals surface area contributed by atoms with Crippen molar-refractivity contribution in [3.8, 4) is 22.5 Å². The lowest BCUT2D eigenvalue weighted by Gasteiger charge is -2.61. The summed E-state index contributed by atoms with van der Waals surface area (Å²) in [4.78, 5) is 8.99. The van der Waals surface area contributed by atoms with Crippen LogP contribution in [0.5, 0.6) is 0 Å². The molecule has 0 atom stereocenters. The van der Waals surface area contributed by atoms with E-state index >= 15 is 0 Å². The average molecular weight is 1200 g/mol. The fourth-order valence-electron chi connectivity index (χ4n) is 16.5. The van der Waals surface area contributed by atoms with Crippen molar-refractivity contribution in [1.82, 2.24) is 9.97 Å². The highest BCUT2D eigenvalue weighted by atomic mass is 79.9. The molecular weight excluding hydrogens is 1190 g/mol. The minimum absolute atomic E-state index is 0.928. The van der Waals surface area contributed by atoms with Crippen LogP contribution < -0.4 is 0 Å². The minimum atomic E-state index is -1.93. The molecule has 0 saturated carbocycles. The Bertz CT molecular complexity index is 2410. The van der Waals surface area contributed by atoms with Crippen LogP contribution in [0.3, 0.4) is 0 Å². The van der Waals surface area contributed by atoms with Crippen LogP contribution in [0.4, 0.5) is 0 Å². The number of halogens is 1. The maximum atomic E-state index is 7.07. The first-order valence-electron chi connectivity index (χ1n) is 33.1. The van der Waals surface area contributed by atoms with Crippen LogP contribution in [0.15, 0.2) is 65.4 Å². The van der Waals surface area contributed by atoms with Gasteiger partial charge in [-0.3, -0.25) is 9.97 Å². The molecular formula is C17H13B81BrN2. The number of aromatic nitrogens is 2. The van der Waals surface area contributed by atoms with Crippen LogP contribution in [0.25, 0.3) is 22.5 Å². The fourth-order valence-corrected chi connectivity index (χ4v) is 17.0. The molecule has 0 spiro atoms. The smallest absolute Gasteiger partial charge is 0.0862 e. The Morgan fingerprint density at radius 1 is 0.277 bits per heavy atom. The monoisotopic (exact) mass is 1220 g/mol. The van der Waals surface area contributed by atoms with Gasteiger partial charge in [-0.15, -0.1) is 0 Å². The summed E-state index contributed by atoms with van der Waals surface area (Å²) in [7, 11) is 283. The van der Waals surface area contributed by atoms with Gasteiger partial charge in [-0.25, -0.2) is 0 Å². The van der Waals surface area contributed by atoms with E-state index in [2.05, 4.69) is 51.0 Å². The van der Waals surface area contributed by atoms with E-state index in [1.165, 1.54) is 5.56 Å². The predicted octanol–water partition coefficient (Wildman–Crippen LogP) is -26.0. The van der Waals surface area contributed by atoms with E-state index in [1.807, 2.05) is 36.5 Å². The van der Waals surface area contributed by atoms with Gasteiger partial charge in [-0.05, 0) is 46.6 Å². The summed E-state index contributed by atoms with van der Waals surface area (Å²) in [5, 5.41) is 0. The van der Waals surface area contributed by atoms with Crippen LogP contribution in [0, 0.1) is 6.92 Å². The molecule has 0 aliphatic rings. The van der Waals surface area contributed by atoms with Crippen molar-refractivity contribution < 1.29 is 0 Å². The molecule has 0 unspecified atom stereocenters. The van der Waals surface area contributed by atoms with Crippen molar-refractivity contribution in [2.75, 3.05) is 0 Å². The average Bonchev–Trinajstić information content (AvgIpc) is 0.718. The van der Waals surface area contributed by atoms with Crippen molar-refractivity contribution in [3.63, 3.8) is 0 Å². The summed E-state index contributed by atoms with van der Waals surface area (Å²) in [6, 6.07) is 16.2. The van der Waals surface area contributed by atoms with Gasteiger partial charge in [-0.2, -0.15) is 0 Å². The number of hydrogen-bond acceptors (Lipinski definition) is 2.